The van der Waals surface area contributed by atoms with Crippen molar-refractivity contribution in [3.8, 4) is 11.4 Å². The molecule has 1 fully saturated rings. The molecule has 0 spiro atoms. The molecule has 0 amide bonds. The average molecular weight is 397 g/mol. The molecule has 4 rings (SSSR count). The number of aliphatic hydroxyl groups excluding tert-OH is 1. The van der Waals surface area contributed by atoms with Crippen LogP contribution in [0.2, 0.25) is 0 Å². The van der Waals surface area contributed by atoms with E-state index in [2.05, 4.69) is 10.1 Å². The first-order valence-electron chi connectivity index (χ1n) is 9.88. The van der Waals surface area contributed by atoms with E-state index in [-0.39, 0.29) is 12.4 Å². The van der Waals surface area contributed by atoms with Crippen LogP contribution in [0.3, 0.4) is 0 Å². The number of aromatic nitrogens is 2. The van der Waals surface area contributed by atoms with Crippen molar-refractivity contribution in [1.29, 1.82) is 0 Å². The molecule has 1 heterocycles. The molecular weight excluding hydrogens is 373 g/mol. The van der Waals surface area contributed by atoms with Crippen LogP contribution in [0.15, 0.2) is 63.9 Å². The molecule has 0 aliphatic heterocycles. The van der Waals surface area contributed by atoms with Gasteiger partial charge in [-0.25, -0.2) is 9.18 Å². The van der Waals surface area contributed by atoms with Gasteiger partial charge in [-0.05, 0) is 37.0 Å². The zero-order valence-electron chi connectivity index (χ0n) is 16.1. The van der Waals surface area contributed by atoms with E-state index < -0.39 is 11.9 Å². The highest BCUT2D eigenvalue weighted by molar-refractivity contribution is 5.54. The van der Waals surface area contributed by atoms with E-state index in [0.29, 0.717) is 24.8 Å². The van der Waals surface area contributed by atoms with E-state index in [4.69, 9.17) is 4.52 Å². The summed E-state index contributed by atoms with van der Waals surface area (Å²) in [5.74, 6) is -0.409. The fourth-order valence-electron chi connectivity index (χ4n) is 3.59. The summed E-state index contributed by atoms with van der Waals surface area (Å²) >= 11 is 0. The molecule has 3 aromatic rings. The van der Waals surface area contributed by atoms with Crippen LogP contribution in [-0.2, 0) is 13.0 Å². The molecule has 1 atom stereocenters. The molecule has 7 heteroatoms. The Hall–Kier alpha value is -2.77. The topological polar surface area (TPSA) is 71.5 Å². The fourth-order valence-corrected chi connectivity index (χ4v) is 3.59. The molecule has 1 aromatic heterocycles. The van der Waals surface area contributed by atoms with E-state index in [0.717, 1.165) is 30.5 Å². The van der Waals surface area contributed by atoms with Crippen LogP contribution in [0.5, 0.6) is 0 Å². The van der Waals surface area contributed by atoms with Crippen molar-refractivity contribution in [3.05, 3.63) is 76.5 Å². The predicted octanol–water partition coefficient (Wildman–Crippen LogP) is 2.71. The van der Waals surface area contributed by atoms with Gasteiger partial charge in [0.05, 0.1) is 12.6 Å². The monoisotopic (exact) mass is 397 g/mol. The number of aliphatic hydroxyl groups is 1. The standard InChI is InChI=1S/C22H24FN3O3/c23-18-8-4-5-16(13-18)11-12-25(19-9-10-19)14-20(27)15-26-21(24-29-22(26)28)17-6-2-1-3-7-17/h1-8,13,19-20,27H,9-12,14-15H2. The molecular formula is C22H24FN3O3. The third-order valence-corrected chi connectivity index (χ3v) is 5.20. The summed E-state index contributed by atoms with van der Waals surface area (Å²) in [6.45, 7) is 1.27. The van der Waals surface area contributed by atoms with Crippen molar-refractivity contribution in [1.82, 2.24) is 14.6 Å². The van der Waals surface area contributed by atoms with E-state index in [9.17, 15) is 14.3 Å². The van der Waals surface area contributed by atoms with Gasteiger partial charge in [-0.15, -0.1) is 0 Å². The minimum atomic E-state index is -0.748. The molecule has 1 aliphatic rings. The van der Waals surface area contributed by atoms with Gasteiger partial charge in [0.25, 0.3) is 0 Å². The zero-order valence-corrected chi connectivity index (χ0v) is 16.1. The van der Waals surface area contributed by atoms with Gasteiger partial charge in [0, 0.05) is 24.7 Å². The SMILES string of the molecule is O=c1onc(-c2ccccc2)n1CC(O)CN(CCc1cccc(F)c1)C1CC1. The molecule has 6 nitrogen and oxygen atoms in total. The summed E-state index contributed by atoms with van der Waals surface area (Å²) in [6.07, 6.45) is 2.16. The highest BCUT2D eigenvalue weighted by Crippen LogP contribution is 2.27. The summed E-state index contributed by atoms with van der Waals surface area (Å²) in [7, 11) is 0. The summed E-state index contributed by atoms with van der Waals surface area (Å²) in [4.78, 5) is 14.3. The summed E-state index contributed by atoms with van der Waals surface area (Å²) in [5, 5.41) is 14.5. The highest BCUT2D eigenvalue weighted by Gasteiger charge is 2.30. The maximum absolute atomic E-state index is 13.4. The lowest BCUT2D eigenvalue weighted by molar-refractivity contribution is 0.0931. The number of halogens is 1. The Labute approximate surface area is 168 Å². The molecule has 1 N–H and O–H groups in total. The molecule has 0 saturated heterocycles. The fraction of sp³-hybridized carbons (Fsp3) is 0.364. The van der Waals surface area contributed by atoms with Crippen LogP contribution in [0.1, 0.15) is 18.4 Å². The average Bonchev–Trinajstić information content (AvgIpc) is 3.50. The van der Waals surface area contributed by atoms with Crippen molar-refractivity contribution in [2.45, 2.75) is 38.0 Å². The predicted molar refractivity (Wildman–Crippen MR) is 107 cm³/mol. The third-order valence-electron chi connectivity index (χ3n) is 5.20. The second-order valence-electron chi connectivity index (χ2n) is 7.51. The van der Waals surface area contributed by atoms with Gasteiger partial charge in [0.1, 0.15) is 5.82 Å². The Balaban J connectivity index is 1.41. The Morgan fingerprint density at radius 2 is 2.00 bits per heavy atom. The quantitative estimate of drug-likeness (QED) is 0.601. The Kier molecular flexibility index (Phi) is 5.87. The van der Waals surface area contributed by atoms with E-state index in [1.54, 1.807) is 12.1 Å². The molecule has 29 heavy (non-hydrogen) atoms. The maximum atomic E-state index is 13.4. The minimum Gasteiger partial charge on any atom is -0.390 e. The van der Waals surface area contributed by atoms with Gasteiger partial charge in [0.15, 0.2) is 5.82 Å². The number of benzene rings is 2. The van der Waals surface area contributed by atoms with Crippen LogP contribution >= 0.6 is 0 Å². The largest absolute Gasteiger partial charge is 0.441 e. The first-order valence-corrected chi connectivity index (χ1v) is 9.88. The molecule has 2 aromatic carbocycles. The van der Waals surface area contributed by atoms with Crippen LogP contribution in [0.4, 0.5) is 4.39 Å². The molecule has 152 valence electrons. The summed E-state index contributed by atoms with van der Waals surface area (Å²) in [5.41, 5.74) is 1.70. The lowest BCUT2D eigenvalue weighted by atomic mass is 10.1. The normalized spacial score (nSPS) is 15.0. The zero-order chi connectivity index (χ0) is 20.2. The second-order valence-corrected chi connectivity index (χ2v) is 7.51. The number of nitrogens with zero attached hydrogens (tertiary/aromatic N) is 3. The van der Waals surface area contributed by atoms with Crippen LogP contribution in [0.25, 0.3) is 11.4 Å². The van der Waals surface area contributed by atoms with Crippen molar-refractivity contribution in [2.75, 3.05) is 13.1 Å². The van der Waals surface area contributed by atoms with Gasteiger partial charge in [0.2, 0.25) is 0 Å². The first-order chi connectivity index (χ1) is 14.1. The maximum Gasteiger partial charge on any atom is 0.441 e. The van der Waals surface area contributed by atoms with Crippen molar-refractivity contribution < 1.29 is 14.0 Å². The van der Waals surface area contributed by atoms with Crippen molar-refractivity contribution >= 4 is 0 Å². The summed E-state index contributed by atoms with van der Waals surface area (Å²) < 4.78 is 19.6. The Morgan fingerprint density at radius 1 is 1.21 bits per heavy atom. The Bertz CT molecular complexity index is 998. The Morgan fingerprint density at radius 3 is 2.72 bits per heavy atom. The summed E-state index contributed by atoms with van der Waals surface area (Å²) in [6, 6.07) is 16.3. The van der Waals surface area contributed by atoms with Crippen LogP contribution in [0, 0.1) is 5.82 Å². The second kappa shape index (κ2) is 8.71. The lowest BCUT2D eigenvalue weighted by Crippen LogP contribution is -2.38. The molecule has 0 radical (unpaired) electrons. The van der Waals surface area contributed by atoms with Crippen LogP contribution < -0.4 is 5.76 Å². The molecule has 1 saturated carbocycles. The smallest absolute Gasteiger partial charge is 0.390 e. The lowest BCUT2D eigenvalue weighted by Gasteiger charge is -2.25. The van der Waals surface area contributed by atoms with Gasteiger partial charge < -0.3 is 5.11 Å². The molecule has 1 unspecified atom stereocenters. The molecule has 1 aliphatic carbocycles. The van der Waals surface area contributed by atoms with Gasteiger partial charge in [-0.3, -0.25) is 14.0 Å². The van der Waals surface area contributed by atoms with E-state index in [1.165, 1.54) is 10.6 Å². The van der Waals surface area contributed by atoms with Crippen molar-refractivity contribution in [3.63, 3.8) is 0 Å². The highest BCUT2D eigenvalue weighted by atomic mass is 19.1. The van der Waals surface area contributed by atoms with Gasteiger partial charge in [-0.1, -0.05) is 47.6 Å². The van der Waals surface area contributed by atoms with Crippen LogP contribution in [-0.4, -0.2) is 45.0 Å². The van der Waals surface area contributed by atoms with Gasteiger partial charge in [-0.2, -0.15) is 0 Å². The number of hydrogen-bond acceptors (Lipinski definition) is 5. The minimum absolute atomic E-state index is 0.107. The van der Waals surface area contributed by atoms with Gasteiger partial charge >= 0.3 is 5.76 Å². The van der Waals surface area contributed by atoms with E-state index in [1.807, 2.05) is 36.4 Å². The first kappa shape index (κ1) is 19.5. The van der Waals surface area contributed by atoms with E-state index >= 15 is 0 Å². The number of hydrogen-bond donors (Lipinski definition) is 1. The number of rotatable bonds is 9. The molecule has 0 bridgehead atoms. The third kappa shape index (κ3) is 4.99. The van der Waals surface area contributed by atoms with Crippen molar-refractivity contribution in [2.24, 2.45) is 0 Å².